The summed E-state index contributed by atoms with van der Waals surface area (Å²) in [5, 5.41) is 22.6. The van der Waals surface area contributed by atoms with Gasteiger partial charge in [-0.25, -0.2) is 0 Å². The Morgan fingerprint density at radius 2 is 1.63 bits per heavy atom. The van der Waals surface area contributed by atoms with E-state index in [-0.39, 0.29) is 11.5 Å². The lowest BCUT2D eigenvalue weighted by atomic mass is 10.0. The molecule has 2 aromatic rings. The van der Waals surface area contributed by atoms with E-state index >= 15 is 0 Å². The molecule has 0 aromatic heterocycles. The fraction of sp³-hybridized carbons (Fsp3) is 0.250. The molecule has 0 fully saturated rings. The largest absolute Gasteiger partial charge is 0.504 e. The second kappa shape index (κ2) is 5.22. The van der Waals surface area contributed by atoms with E-state index in [9.17, 15) is 10.2 Å². The van der Waals surface area contributed by atoms with Gasteiger partial charge in [-0.15, -0.1) is 0 Å². The maximum absolute atomic E-state index is 9.77. The maximum atomic E-state index is 9.77. The number of phenols is 2. The molecule has 0 aliphatic heterocycles. The first kappa shape index (κ1) is 13.3. The van der Waals surface area contributed by atoms with E-state index in [1.807, 2.05) is 0 Å². The van der Waals surface area contributed by atoms with Crippen molar-refractivity contribution >= 4 is 5.69 Å². The van der Waals surface area contributed by atoms with Crippen molar-refractivity contribution in [3.63, 3.8) is 0 Å². The summed E-state index contributed by atoms with van der Waals surface area (Å²) in [6.45, 7) is 6.67. The van der Waals surface area contributed by atoms with Crippen molar-refractivity contribution in [2.45, 2.75) is 27.3 Å². The van der Waals surface area contributed by atoms with Crippen molar-refractivity contribution in [1.82, 2.24) is 0 Å². The highest BCUT2D eigenvalue weighted by atomic mass is 16.3. The second-order valence-electron chi connectivity index (χ2n) is 4.91. The van der Waals surface area contributed by atoms with Crippen LogP contribution in [0.2, 0.25) is 0 Å². The van der Waals surface area contributed by atoms with Gasteiger partial charge in [0, 0.05) is 17.8 Å². The number of anilines is 1. The summed E-state index contributed by atoms with van der Waals surface area (Å²) in [5.74, 6) is -0.144. The minimum absolute atomic E-state index is 0.0579. The van der Waals surface area contributed by atoms with Gasteiger partial charge in [0.15, 0.2) is 11.5 Å². The van der Waals surface area contributed by atoms with Crippen LogP contribution >= 0.6 is 0 Å². The third kappa shape index (κ3) is 2.81. The summed E-state index contributed by atoms with van der Waals surface area (Å²) in [6.07, 6.45) is 0. The molecule has 3 N–H and O–H groups in total. The van der Waals surface area contributed by atoms with Crippen molar-refractivity contribution in [3.05, 3.63) is 52.6 Å². The van der Waals surface area contributed by atoms with E-state index in [2.05, 4.69) is 38.2 Å². The van der Waals surface area contributed by atoms with Crippen LogP contribution in [0.15, 0.2) is 30.3 Å². The number of aryl methyl sites for hydroxylation is 3. The Morgan fingerprint density at radius 1 is 1.00 bits per heavy atom. The molecular weight excluding hydrogens is 238 g/mol. The van der Waals surface area contributed by atoms with E-state index in [1.165, 1.54) is 22.8 Å². The van der Waals surface area contributed by atoms with Crippen molar-refractivity contribution in [3.8, 4) is 11.5 Å². The highest BCUT2D eigenvalue weighted by molar-refractivity contribution is 5.59. The Balaban J connectivity index is 2.22. The van der Waals surface area contributed by atoms with Gasteiger partial charge < -0.3 is 15.5 Å². The quantitative estimate of drug-likeness (QED) is 0.736. The molecule has 0 atom stereocenters. The monoisotopic (exact) mass is 257 g/mol. The standard InChI is InChI=1S/C16H19NO2/c1-10-7-11(2)15(12(3)8-10)17-9-13-5-4-6-14(18)16(13)19/h4-8,17-19H,9H2,1-3H3. The van der Waals surface area contributed by atoms with E-state index in [4.69, 9.17) is 0 Å². The van der Waals surface area contributed by atoms with E-state index in [0.717, 1.165) is 5.69 Å². The van der Waals surface area contributed by atoms with Crippen LogP contribution in [0.5, 0.6) is 11.5 Å². The molecule has 0 saturated carbocycles. The molecule has 0 spiro atoms. The van der Waals surface area contributed by atoms with Crippen LogP contribution in [0.1, 0.15) is 22.3 Å². The average Bonchev–Trinajstić information content (AvgIpc) is 2.33. The molecule has 100 valence electrons. The summed E-state index contributed by atoms with van der Waals surface area (Å²) in [5.41, 5.74) is 5.35. The molecule has 0 heterocycles. The van der Waals surface area contributed by atoms with E-state index < -0.39 is 0 Å². The Bertz CT molecular complexity index is 583. The summed E-state index contributed by atoms with van der Waals surface area (Å²) in [7, 11) is 0. The minimum Gasteiger partial charge on any atom is -0.504 e. The number of hydrogen-bond donors (Lipinski definition) is 3. The van der Waals surface area contributed by atoms with Crippen LogP contribution in [0.4, 0.5) is 5.69 Å². The summed E-state index contributed by atoms with van der Waals surface area (Å²) < 4.78 is 0. The first-order valence-corrected chi connectivity index (χ1v) is 6.30. The molecule has 0 unspecified atom stereocenters. The number of phenolic OH excluding ortho intramolecular Hbond substituents is 2. The zero-order valence-electron chi connectivity index (χ0n) is 11.5. The smallest absolute Gasteiger partial charge is 0.162 e. The van der Waals surface area contributed by atoms with Gasteiger partial charge in [-0.05, 0) is 38.0 Å². The summed E-state index contributed by atoms with van der Waals surface area (Å²) in [4.78, 5) is 0. The fourth-order valence-corrected chi connectivity index (χ4v) is 2.36. The second-order valence-corrected chi connectivity index (χ2v) is 4.91. The normalized spacial score (nSPS) is 10.5. The molecule has 2 rings (SSSR count). The van der Waals surface area contributed by atoms with Crippen molar-refractivity contribution in [2.75, 3.05) is 5.32 Å². The lowest BCUT2D eigenvalue weighted by Crippen LogP contribution is -2.03. The van der Waals surface area contributed by atoms with E-state index in [0.29, 0.717) is 12.1 Å². The van der Waals surface area contributed by atoms with Gasteiger partial charge >= 0.3 is 0 Å². The van der Waals surface area contributed by atoms with Crippen LogP contribution in [-0.4, -0.2) is 10.2 Å². The Kier molecular flexibility index (Phi) is 3.65. The first-order valence-electron chi connectivity index (χ1n) is 6.30. The van der Waals surface area contributed by atoms with Gasteiger partial charge in [-0.2, -0.15) is 0 Å². The highest BCUT2D eigenvalue weighted by Gasteiger charge is 2.07. The van der Waals surface area contributed by atoms with Crippen molar-refractivity contribution in [2.24, 2.45) is 0 Å². The molecule has 0 aliphatic rings. The van der Waals surface area contributed by atoms with Gasteiger partial charge in [0.1, 0.15) is 0 Å². The highest BCUT2D eigenvalue weighted by Crippen LogP contribution is 2.29. The number of aromatic hydroxyl groups is 2. The molecule has 2 aromatic carbocycles. The molecule has 19 heavy (non-hydrogen) atoms. The SMILES string of the molecule is Cc1cc(C)c(NCc2cccc(O)c2O)c(C)c1. The van der Waals surface area contributed by atoms with Crippen LogP contribution < -0.4 is 5.32 Å². The minimum atomic E-state index is -0.0864. The van der Waals surface area contributed by atoms with Gasteiger partial charge in [-0.3, -0.25) is 0 Å². The van der Waals surface area contributed by atoms with Crippen LogP contribution in [0, 0.1) is 20.8 Å². The molecule has 3 heteroatoms. The van der Waals surface area contributed by atoms with Gasteiger partial charge in [-0.1, -0.05) is 29.8 Å². The van der Waals surface area contributed by atoms with Gasteiger partial charge in [0.05, 0.1) is 0 Å². The van der Waals surface area contributed by atoms with Crippen LogP contribution in [-0.2, 0) is 6.54 Å². The first-order chi connectivity index (χ1) is 8.99. The maximum Gasteiger partial charge on any atom is 0.162 e. The van der Waals surface area contributed by atoms with E-state index in [1.54, 1.807) is 12.1 Å². The summed E-state index contributed by atoms with van der Waals surface area (Å²) >= 11 is 0. The molecule has 3 nitrogen and oxygen atoms in total. The Morgan fingerprint density at radius 3 is 2.26 bits per heavy atom. The van der Waals surface area contributed by atoms with Gasteiger partial charge in [0.25, 0.3) is 0 Å². The molecule has 0 aliphatic carbocycles. The molecule has 0 radical (unpaired) electrons. The van der Waals surface area contributed by atoms with Crippen molar-refractivity contribution < 1.29 is 10.2 Å². The van der Waals surface area contributed by atoms with Crippen LogP contribution in [0.3, 0.4) is 0 Å². The fourth-order valence-electron chi connectivity index (χ4n) is 2.36. The molecule has 0 bridgehead atoms. The summed E-state index contributed by atoms with van der Waals surface area (Å²) in [6, 6.07) is 9.23. The topological polar surface area (TPSA) is 52.5 Å². The predicted octanol–water partition coefficient (Wildman–Crippen LogP) is 3.64. The van der Waals surface area contributed by atoms with Crippen molar-refractivity contribution in [1.29, 1.82) is 0 Å². The Hall–Kier alpha value is -2.16. The van der Waals surface area contributed by atoms with Gasteiger partial charge in [0.2, 0.25) is 0 Å². The Labute approximate surface area is 113 Å². The predicted molar refractivity (Wildman–Crippen MR) is 77.8 cm³/mol. The number of hydrogen-bond acceptors (Lipinski definition) is 3. The number of rotatable bonds is 3. The third-order valence-corrected chi connectivity index (χ3v) is 3.23. The zero-order valence-corrected chi connectivity index (χ0v) is 11.5. The molecule has 0 amide bonds. The third-order valence-electron chi connectivity index (χ3n) is 3.23. The lowest BCUT2D eigenvalue weighted by Gasteiger charge is -2.14. The average molecular weight is 257 g/mol. The molecule has 0 saturated heterocycles. The molecular formula is C16H19NO2. The zero-order chi connectivity index (χ0) is 14.0. The lowest BCUT2D eigenvalue weighted by molar-refractivity contribution is 0.400. The number of benzene rings is 2. The number of nitrogens with one attached hydrogen (secondary N) is 1. The number of para-hydroxylation sites is 1. The van der Waals surface area contributed by atoms with Crippen LogP contribution in [0.25, 0.3) is 0 Å².